The van der Waals surface area contributed by atoms with Crippen LogP contribution >= 0.6 is 11.8 Å². The summed E-state index contributed by atoms with van der Waals surface area (Å²) in [6.07, 6.45) is 3.43. The highest BCUT2D eigenvalue weighted by molar-refractivity contribution is 7.99. The Kier molecular flexibility index (Phi) is 4.07. The van der Waals surface area contributed by atoms with Crippen molar-refractivity contribution in [2.75, 3.05) is 7.05 Å². The zero-order valence-corrected chi connectivity index (χ0v) is 12.7. The number of nitrogens with zero attached hydrogens (tertiary/aromatic N) is 5. The van der Waals surface area contributed by atoms with E-state index in [-0.39, 0.29) is 0 Å². The molecule has 0 aliphatic heterocycles. The molecule has 3 aromatic heterocycles. The van der Waals surface area contributed by atoms with Crippen LogP contribution in [0.25, 0.3) is 0 Å². The molecule has 0 spiro atoms. The van der Waals surface area contributed by atoms with E-state index < -0.39 is 0 Å². The summed E-state index contributed by atoms with van der Waals surface area (Å²) in [4.78, 5) is 2.16. The van der Waals surface area contributed by atoms with Gasteiger partial charge in [-0.25, -0.2) is 0 Å². The number of hydrogen-bond acceptors (Lipinski definition) is 6. The Labute approximate surface area is 126 Å². The van der Waals surface area contributed by atoms with Crippen molar-refractivity contribution in [2.24, 2.45) is 7.05 Å². The van der Waals surface area contributed by atoms with Crippen molar-refractivity contribution < 1.29 is 4.42 Å². The van der Waals surface area contributed by atoms with Gasteiger partial charge in [0.25, 0.3) is 0 Å². The molecule has 3 heterocycles. The fraction of sp³-hybridized carbons (Fsp3) is 0.308. The fourth-order valence-electron chi connectivity index (χ4n) is 1.94. The standard InChI is InChI=1S/C13H16N6OS/c1-18(7-10-5-6-14-16-10)8-11-3-4-12(20-11)21-13-17-15-9-19(13)2/h3-6,9H,7-8H2,1-2H3,(H,14,16). The smallest absolute Gasteiger partial charge is 0.198 e. The Morgan fingerprint density at radius 2 is 2.24 bits per heavy atom. The van der Waals surface area contributed by atoms with Crippen LogP contribution < -0.4 is 0 Å². The van der Waals surface area contributed by atoms with Gasteiger partial charge in [-0.05, 0) is 37.0 Å². The van der Waals surface area contributed by atoms with Gasteiger partial charge in [0.2, 0.25) is 0 Å². The zero-order valence-electron chi connectivity index (χ0n) is 11.9. The van der Waals surface area contributed by atoms with Crippen molar-refractivity contribution in [3.63, 3.8) is 0 Å². The summed E-state index contributed by atoms with van der Waals surface area (Å²) in [5.74, 6) is 0.918. The minimum Gasteiger partial charge on any atom is -0.453 e. The van der Waals surface area contributed by atoms with Gasteiger partial charge in [0, 0.05) is 25.5 Å². The number of nitrogens with one attached hydrogen (secondary N) is 1. The summed E-state index contributed by atoms with van der Waals surface area (Å²) in [5, 5.41) is 16.4. The highest BCUT2D eigenvalue weighted by Gasteiger charge is 2.10. The largest absolute Gasteiger partial charge is 0.453 e. The first kappa shape index (κ1) is 13.9. The Bertz CT molecular complexity index is 689. The van der Waals surface area contributed by atoms with Crippen molar-refractivity contribution >= 4 is 11.8 Å². The summed E-state index contributed by atoms with van der Waals surface area (Å²) >= 11 is 1.46. The molecular formula is C13H16N6OS. The highest BCUT2D eigenvalue weighted by atomic mass is 32.2. The maximum atomic E-state index is 5.82. The quantitative estimate of drug-likeness (QED) is 0.750. The molecule has 21 heavy (non-hydrogen) atoms. The fourth-order valence-corrected chi connectivity index (χ4v) is 2.68. The van der Waals surface area contributed by atoms with Crippen LogP contribution in [0.3, 0.4) is 0 Å². The van der Waals surface area contributed by atoms with E-state index in [9.17, 15) is 0 Å². The number of aryl methyl sites for hydroxylation is 1. The molecule has 8 heteroatoms. The van der Waals surface area contributed by atoms with E-state index >= 15 is 0 Å². The van der Waals surface area contributed by atoms with Crippen molar-refractivity contribution in [3.8, 4) is 0 Å². The van der Waals surface area contributed by atoms with Gasteiger partial charge in [-0.1, -0.05) is 0 Å². The molecule has 7 nitrogen and oxygen atoms in total. The van der Waals surface area contributed by atoms with Gasteiger partial charge in [-0.15, -0.1) is 10.2 Å². The van der Waals surface area contributed by atoms with Crippen LogP contribution in [-0.2, 0) is 20.1 Å². The zero-order chi connectivity index (χ0) is 14.7. The molecule has 3 rings (SSSR count). The van der Waals surface area contributed by atoms with Gasteiger partial charge in [0.05, 0.1) is 6.54 Å². The van der Waals surface area contributed by atoms with E-state index in [1.165, 1.54) is 11.8 Å². The lowest BCUT2D eigenvalue weighted by molar-refractivity contribution is 0.274. The molecule has 3 aromatic rings. The number of rotatable bonds is 6. The van der Waals surface area contributed by atoms with Crippen LogP contribution in [0.1, 0.15) is 11.5 Å². The van der Waals surface area contributed by atoms with E-state index in [1.54, 1.807) is 12.5 Å². The molecule has 0 aromatic carbocycles. The Hall–Kier alpha value is -2.06. The highest BCUT2D eigenvalue weighted by Crippen LogP contribution is 2.27. The summed E-state index contributed by atoms with van der Waals surface area (Å²) in [6, 6.07) is 5.91. The lowest BCUT2D eigenvalue weighted by Crippen LogP contribution is -2.17. The molecular weight excluding hydrogens is 288 g/mol. The van der Waals surface area contributed by atoms with Crippen molar-refractivity contribution in [2.45, 2.75) is 23.3 Å². The van der Waals surface area contributed by atoms with Crippen LogP contribution in [0.4, 0.5) is 0 Å². The van der Waals surface area contributed by atoms with E-state index in [4.69, 9.17) is 4.42 Å². The third-order valence-electron chi connectivity index (χ3n) is 2.92. The van der Waals surface area contributed by atoms with Crippen LogP contribution in [-0.4, -0.2) is 36.9 Å². The summed E-state index contributed by atoms with van der Waals surface area (Å²) in [7, 11) is 3.95. The molecule has 0 radical (unpaired) electrons. The molecule has 0 aliphatic rings. The third kappa shape index (κ3) is 3.53. The lowest BCUT2D eigenvalue weighted by atomic mass is 10.3. The monoisotopic (exact) mass is 304 g/mol. The molecule has 110 valence electrons. The normalized spacial score (nSPS) is 11.4. The van der Waals surface area contributed by atoms with E-state index in [0.717, 1.165) is 34.8 Å². The molecule has 0 fully saturated rings. The first-order valence-electron chi connectivity index (χ1n) is 6.48. The Morgan fingerprint density at radius 1 is 1.33 bits per heavy atom. The predicted octanol–water partition coefficient (Wildman–Crippen LogP) is 1.91. The summed E-state index contributed by atoms with van der Waals surface area (Å²) in [5.41, 5.74) is 1.08. The molecule has 0 saturated heterocycles. The van der Waals surface area contributed by atoms with Crippen LogP contribution in [0, 0.1) is 0 Å². The summed E-state index contributed by atoms with van der Waals surface area (Å²) in [6.45, 7) is 1.53. The van der Waals surface area contributed by atoms with E-state index in [0.29, 0.717) is 0 Å². The van der Waals surface area contributed by atoms with Gasteiger partial charge < -0.3 is 8.98 Å². The molecule has 1 N–H and O–H groups in total. The molecule has 0 aliphatic carbocycles. The number of aromatic nitrogens is 5. The minimum absolute atomic E-state index is 0.735. The van der Waals surface area contributed by atoms with Gasteiger partial charge in [-0.3, -0.25) is 10.00 Å². The van der Waals surface area contributed by atoms with Crippen molar-refractivity contribution in [3.05, 3.63) is 42.2 Å². The van der Waals surface area contributed by atoms with E-state index in [2.05, 4.69) is 25.3 Å². The maximum absolute atomic E-state index is 5.82. The van der Waals surface area contributed by atoms with Gasteiger partial charge in [0.1, 0.15) is 12.1 Å². The molecule has 0 atom stereocenters. The number of aromatic amines is 1. The van der Waals surface area contributed by atoms with Crippen molar-refractivity contribution in [1.29, 1.82) is 0 Å². The van der Waals surface area contributed by atoms with Gasteiger partial charge in [-0.2, -0.15) is 5.10 Å². The van der Waals surface area contributed by atoms with Crippen LogP contribution in [0.2, 0.25) is 0 Å². The Balaban J connectivity index is 1.58. The summed E-state index contributed by atoms with van der Waals surface area (Å²) < 4.78 is 7.67. The second-order valence-corrected chi connectivity index (χ2v) is 5.77. The van der Waals surface area contributed by atoms with E-state index in [1.807, 2.05) is 36.9 Å². The molecule has 0 saturated carbocycles. The van der Waals surface area contributed by atoms with Gasteiger partial charge in [0.15, 0.2) is 10.2 Å². The van der Waals surface area contributed by atoms with Gasteiger partial charge >= 0.3 is 0 Å². The average molecular weight is 304 g/mol. The SMILES string of the molecule is CN(Cc1ccn[nH]1)Cc1ccc(Sc2nncn2C)o1. The molecule has 0 bridgehead atoms. The first-order chi connectivity index (χ1) is 10.2. The Morgan fingerprint density at radius 3 is 2.95 bits per heavy atom. The molecule has 0 amide bonds. The van der Waals surface area contributed by atoms with Crippen LogP contribution in [0.15, 0.2) is 45.4 Å². The average Bonchev–Trinajstić information content (AvgIpc) is 3.16. The first-order valence-corrected chi connectivity index (χ1v) is 7.30. The second-order valence-electron chi connectivity index (χ2n) is 4.80. The topological polar surface area (TPSA) is 75.8 Å². The number of furan rings is 1. The van der Waals surface area contributed by atoms with Crippen LogP contribution in [0.5, 0.6) is 0 Å². The maximum Gasteiger partial charge on any atom is 0.198 e. The molecule has 0 unspecified atom stereocenters. The predicted molar refractivity (Wildman–Crippen MR) is 77.6 cm³/mol. The second kappa shape index (κ2) is 6.15. The minimum atomic E-state index is 0.735. The van der Waals surface area contributed by atoms with Crippen molar-refractivity contribution in [1.82, 2.24) is 29.9 Å². The third-order valence-corrected chi connectivity index (χ3v) is 3.90. The lowest BCUT2D eigenvalue weighted by Gasteiger charge is -2.13. The number of hydrogen-bond donors (Lipinski definition) is 1. The number of H-pyrrole nitrogens is 1.